The number of hydrogen-bond acceptors (Lipinski definition) is 2. The van der Waals surface area contributed by atoms with Crippen LogP contribution in [0.2, 0.25) is 0 Å². The summed E-state index contributed by atoms with van der Waals surface area (Å²) in [5, 5.41) is 6.77. The van der Waals surface area contributed by atoms with E-state index in [0.29, 0.717) is 11.4 Å². The van der Waals surface area contributed by atoms with Gasteiger partial charge < -0.3 is 9.88 Å². The van der Waals surface area contributed by atoms with Gasteiger partial charge in [-0.05, 0) is 50.2 Å². The number of amides is 1. The lowest BCUT2D eigenvalue weighted by Crippen LogP contribution is -2.16. The van der Waals surface area contributed by atoms with Crippen molar-refractivity contribution < 1.29 is 18.0 Å². The highest BCUT2D eigenvalue weighted by Gasteiger charge is 2.30. The number of nitrogens with zero attached hydrogens (tertiary/aromatic N) is 3. The van der Waals surface area contributed by atoms with Crippen LogP contribution in [0.5, 0.6) is 0 Å². The summed E-state index contributed by atoms with van der Waals surface area (Å²) in [4.78, 5) is 12.6. The number of nitrogens with one attached hydrogen (secondary N) is 1. The number of halogens is 3. The zero-order valence-electron chi connectivity index (χ0n) is 14.4. The molecule has 2 heterocycles. The molecule has 0 unspecified atom stereocenters. The maximum atomic E-state index is 12.6. The molecule has 5 nitrogen and oxygen atoms in total. The first-order valence-corrected chi connectivity index (χ1v) is 7.84. The Morgan fingerprint density at radius 3 is 2.15 bits per heavy atom. The van der Waals surface area contributed by atoms with E-state index in [0.717, 1.165) is 23.5 Å². The molecule has 0 atom stereocenters. The van der Waals surface area contributed by atoms with Crippen LogP contribution in [0, 0.1) is 13.8 Å². The van der Waals surface area contributed by atoms with E-state index in [4.69, 9.17) is 0 Å². The molecule has 0 saturated heterocycles. The quantitative estimate of drug-likeness (QED) is 0.763. The summed E-state index contributed by atoms with van der Waals surface area (Å²) in [6.07, 6.45) is -2.98. The third kappa shape index (κ3) is 3.22. The van der Waals surface area contributed by atoms with Gasteiger partial charge in [-0.15, -0.1) is 0 Å². The number of aryl methyl sites for hydroxylation is 3. The highest BCUT2D eigenvalue weighted by atomic mass is 19.4. The Labute approximate surface area is 148 Å². The van der Waals surface area contributed by atoms with Crippen LogP contribution < -0.4 is 5.32 Å². The minimum atomic E-state index is -4.41. The van der Waals surface area contributed by atoms with Gasteiger partial charge in [0, 0.05) is 24.1 Å². The van der Waals surface area contributed by atoms with Crippen LogP contribution in [-0.2, 0) is 13.2 Å². The SMILES string of the molecule is Cc1ccc(C)n1-c1c(C(=O)Nc2ccc(C(F)(F)F)cc2)cnn1C. The number of carbonyl (C=O) groups is 1. The predicted molar refractivity (Wildman–Crippen MR) is 91.4 cm³/mol. The van der Waals surface area contributed by atoms with E-state index in [-0.39, 0.29) is 5.69 Å². The minimum Gasteiger partial charge on any atom is -0.322 e. The van der Waals surface area contributed by atoms with Crippen LogP contribution in [-0.4, -0.2) is 20.3 Å². The predicted octanol–water partition coefficient (Wildman–Crippen LogP) is 4.10. The van der Waals surface area contributed by atoms with Gasteiger partial charge in [0.05, 0.1) is 11.8 Å². The fourth-order valence-corrected chi connectivity index (χ4v) is 2.80. The van der Waals surface area contributed by atoms with Gasteiger partial charge in [0.25, 0.3) is 5.91 Å². The molecule has 0 bridgehead atoms. The monoisotopic (exact) mass is 362 g/mol. The zero-order chi connectivity index (χ0) is 19.1. The standard InChI is InChI=1S/C18H17F3N4O/c1-11-4-5-12(2)25(11)17-15(10-22-24(17)3)16(26)23-14-8-6-13(7-9-14)18(19,20)21/h4-10H,1-3H3,(H,23,26). The normalized spacial score (nSPS) is 11.6. The summed E-state index contributed by atoms with van der Waals surface area (Å²) in [7, 11) is 1.73. The molecule has 0 aliphatic heterocycles. The number of alkyl halides is 3. The van der Waals surface area contributed by atoms with Gasteiger partial charge in [-0.25, -0.2) is 0 Å². The summed E-state index contributed by atoms with van der Waals surface area (Å²) >= 11 is 0. The lowest BCUT2D eigenvalue weighted by atomic mass is 10.2. The summed E-state index contributed by atoms with van der Waals surface area (Å²) in [6, 6.07) is 8.17. The number of rotatable bonds is 3. The molecule has 0 aliphatic rings. The molecule has 0 fully saturated rings. The van der Waals surface area contributed by atoms with Crippen molar-refractivity contribution in [3.63, 3.8) is 0 Å². The number of anilines is 1. The van der Waals surface area contributed by atoms with Gasteiger partial charge in [0.1, 0.15) is 11.4 Å². The van der Waals surface area contributed by atoms with E-state index in [9.17, 15) is 18.0 Å². The van der Waals surface area contributed by atoms with E-state index in [1.54, 1.807) is 11.7 Å². The Morgan fingerprint density at radius 1 is 1.04 bits per heavy atom. The molecule has 0 saturated carbocycles. The molecule has 1 N–H and O–H groups in total. The summed E-state index contributed by atoms with van der Waals surface area (Å²) in [6.45, 7) is 3.83. The molecular formula is C18H17F3N4O. The van der Waals surface area contributed by atoms with Crippen LogP contribution >= 0.6 is 0 Å². The van der Waals surface area contributed by atoms with Gasteiger partial charge in [0.2, 0.25) is 0 Å². The van der Waals surface area contributed by atoms with Crippen molar-refractivity contribution in [3.05, 3.63) is 65.1 Å². The zero-order valence-corrected chi connectivity index (χ0v) is 14.4. The van der Waals surface area contributed by atoms with Crippen molar-refractivity contribution in [2.24, 2.45) is 7.05 Å². The molecule has 8 heteroatoms. The third-order valence-electron chi connectivity index (χ3n) is 4.11. The van der Waals surface area contributed by atoms with E-state index in [2.05, 4.69) is 10.4 Å². The average Bonchev–Trinajstić information content (AvgIpc) is 3.09. The Kier molecular flexibility index (Phi) is 4.35. The summed E-state index contributed by atoms with van der Waals surface area (Å²) < 4.78 is 41.4. The van der Waals surface area contributed by atoms with Crippen molar-refractivity contribution >= 4 is 11.6 Å². The molecule has 3 aromatic rings. The van der Waals surface area contributed by atoms with Crippen molar-refractivity contribution in [1.82, 2.24) is 14.3 Å². The average molecular weight is 362 g/mol. The number of aromatic nitrogens is 3. The molecule has 0 spiro atoms. The van der Waals surface area contributed by atoms with Crippen LogP contribution in [0.25, 0.3) is 5.82 Å². The molecule has 1 aromatic carbocycles. The highest BCUT2D eigenvalue weighted by Crippen LogP contribution is 2.30. The van der Waals surface area contributed by atoms with Gasteiger partial charge in [0.15, 0.2) is 0 Å². The van der Waals surface area contributed by atoms with Crippen molar-refractivity contribution in [2.45, 2.75) is 20.0 Å². The molecule has 26 heavy (non-hydrogen) atoms. The summed E-state index contributed by atoms with van der Waals surface area (Å²) in [5.74, 6) is 0.148. The number of carbonyl (C=O) groups excluding carboxylic acids is 1. The molecule has 136 valence electrons. The van der Waals surface area contributed by atoms with Crippen molar-refractivity contribution in [2.75, 3.05) is 5.32 Å². The summed E-state index contributed by atoms with van der Waals surface area (Å²) in [5.41, 5.74) is 1.72. The Bertz CT molecular complexity index is 932. The maximum Gasteiger partial charge on any atom is 0.416 e. The third-order valence-corrected chi connectivity index (χ3v) is 4.11. The van der Waals surface area contributed by atoms with Gasteiger partial charge >= 0.3 is 6.18 Å². The molecule has 0 aliphatic carbocycles. The van der Waals surface area contributed by atoms with Gasteiger partial charge in [-0.1, -0.05) is 0 Å². The van der Waals surface area contributed by atoms with Gasteiger partial charge in [-0.2, -0.15) is 18.3 Å². The van der Waals surface area contributed by atoms with Crippen LogP contribution in [0.1, 0.15) is 27.3 Å². The van der Waals surface area contributed by atoms with E-state index in [1.165, 1.54) is 18.3 Å². The van der Waals surface area contributed by atoms with Crippen molar-refractivity contribution in [3.8, 4) is 5.82 Å². The Balaban J connectivity index is 1.90. The maximum absolute atomic E-state index is 12.6. The van der Waals surface area contributed by atoms with E-state index >= 15 is 0 Å². The Morgan fingerprint density at radius 2 is 1.62 bits per heavy atom. The lowest BCUT2D eigenvalue weighted by Gasteiger charge is -2.13. The van der Waals surface area contributed by atoms with E-state index < -0.39 is 17.6 Å². The first-order valence-electron chi connectivity index (χ1n) is 7.84. The van der Waals surface area contributed by atoms with Crippen molar-refractivity contribution in [1.29, 1.82) is 0 Å². The van der Waals surface area contributed by atoms with Gasteiger partial charge in [-0.3, -0.25) is 9.48 Å². The fourth-order valence-electron chi connectivity index (χ4n) is 2.80. The minimum absolute atomic E-state index is 0.277. The smallest absolute Gasteiger partial charge is 0.322 e. The van der Waals surface area contributed by atoms with E-state index in [1.807, 2.05) is 30.5 Å². The highest BCUT2D eigenvalue weighted by molar-refractivity contribution is 6.06. The molecule has 1 amide bonds. The lowest BCUT2D eigenvalue weighted by molar-refractivity contribution is -0.137. The first-order chi connectivity index (χ1) is 12.2. The molecule has 0 radical (unpaired) electrons. The second kappa shape index (κ2) is 6.36. The van der Waals surface area contributed by atoms with Crippen LogP contribution in [0.3, 0.4) is 0 Å². The molecule has 3 rings (SSSR count). The number of benzene rings is 1. The fraction of sp³-hybridized carbons (Fsp3) is 0.222. The molecule has 2 aromatic heterocycles. The Hall–Kier alpha value is -3.03. The molecular weight excluding hydrogens is 345 g/mol. The second-order valence-electron chi connectivity index (χ2n) is 5.99. The first kappa shape index (κ1) is 17.8. The van der Waals surface area contributed by atoms with Crippen LogP contribution in [0.15, 0.2) is 42.6 Å². The topological polar surface area (TPSA) is 51.9 Å². The number of hydrogen-bond donors (Lipinski definition) is 1. The largest absolute Gasteiger partial charge is 0.416 e. The van der Waals surface area contributed by atoms with Crippen LogP contribution in [0.4, 0.5) is 18.9 Å². The second-order valence-corrected chi connectivity index (χ2v) is 5.99.